The van der Waals surface area contributed by atoms with Crippen molar-refractivity contribution in [3.63, 3.8) is 0 Å². The number of nitrogens with one attached hydrogen (secondary N) is 1. The summed E-state index contributed by atoms with van der Waals surface area (Å²) in [5.74, 6) is 0.150. The third-order valence-corrected chi connectivity index (χ3v) is 4.89. The standard InChI is InChI=1S/C23H20N2O4/c1-28-18-14-13-17-19(21(18)29-2)23(27)25(16-11-7-4-8-12-16)20(17)22(26)24-15-9-5-3-6-10-15/h3-14,20H,1-2H3,(H,24,26)/t20-/m1/s1. The Hall–Kier alpha value is -3.80. The minimum absolute atomic E-state index is 0.306. The number of anilines is 2. The van der Waals surface area contributed by atoms with Crippen LogP contribution in [0.1, 0.15) is 22.0 Å². The molecule has 1 aliphatic rings. The Morgan fingerprint density at radius 1 is 0.897 bits per heavy atom. The van der Waals surface area contributed by atoms with Crippen LogP contribution in [0.3, 0.4) is 0 Å². The van der Waals surface area contributed by atoms with Crippen LogP contribution in [0.15, 0.2) is 72.8 Å². The average molecular weight is 388 g/mol. The molecule has 0 aliphatic carbocycles. The molecule has 2 amide bonds. The zero-order valence-electron chi connectivity index (χ0n) is 16.1. The first-order valence-electron chi connectivity index (χ1n) is 9.15. The summed E-state index contributed by atoms with van der Waals surface area (Å²) >= 11 is 0. The Morgan fingerprint density at radius 2 is 1.55 bits per heavy atom. The van der Waals surface area contributed by atoms with Crippen molar-refractivity contribution in [3.05, 3.63) is 83.9 Å². The van der Waals surface area contributed by atoms with Gasteiger partial charge in [0.1, 0.15) is 6.04 Å². The fourth-order valence-corrected chi connectivity index (χ4v) is 3.61. The van der Waals surface area contributed by atoms with E-state index >= 15 is 0 Å². The van der Waals surface area contributed by atoms with Gasteiger partial charge in [-0.25, -0.2) is 0 Å². The normalized spacial score (nSPS) is 15.0. The van der Waals surface area contributed by atoms with E-state index in [0.717, 1.165) is 0 Å². The molecule has 0 fully saturated rings. The number of fused-ring (bicyclic) bond motifs is 1. The van der Waals surface area contributed by atoms with Crippen LogP contribution in [-0.2, 0) is 4.79 Å². The molecule has 3 aromatic carbocycles. The van der Waals surface area contributed by atoms with E-state index in [4.69, 9.17) is 9.47 Å². The predicted molar refractivity (Wildman–Crippen MR) is 111 cm³/mol. The zero-order chi connectivity index (χ0) is 20.4. The second-order valence-corrected chi connectivity index (χ2v) is 6.53. The fraction of sp³-hybridized carbons (Fsp3) is 0.130. The van der Waals surface area contributed by atoms with Gasteiger partial charge in [0, 0.05) is 16.9 Å². The monoisotopic (exact) mass is 388 g/mol. The molecule has 1 N–H and O–H groups in total. The molecule has 0 aromatic heterocycles. The molecule has 6 nitrogen and oxygen atoms in total. The number of carbonyl (C=O) groups excluding carboxylic acids is 2. The van der Waals surface area contributed by atoms with Gasteiger partial charge >= 0.3 is 0 Å². The highest BCUT2D eigenvalue weighted by molar-refractivity contribution is 6.19. The van der Waals surface area contributed by atoms with Crippen molar-refractivity contribution in [2.45, 2.75) is 6.04 Å². The lowest BCUT2D eigenvalue weighted by Gasteiger charge is -2.24. The first kappa shape index (κ1) is 18.6. The van der Waals surface area contributed by atoms with Crippen molar-refractivity contribution < 1.29 is 19.1 Å². The molecule has 1 aliphatic heterocycles. The van der Waals surface area contributed by atoms with E-state index in [2.05, 4.69) is 5.32 Å². The van der Waals surface area contributed by atoms with Crippen molar-refractivity contribution in [1.29, 1.82) is 0 Å². The number of rotatable bonds is 5. The van der Waals surface area contributed by atoms with Crippen LogP contribution in [0, 0.1) is 0 Å². The largest absolute Gasteiger partial charge is 0.493 e. The molecule has 29 heavy (non-hydrogen) atoms. The van der Waals surface area contributed by atoms with E-state index in [1.807, 2.05) is 36.4 Å². The van der Waals surface area contributed by atoms with E-state index in [1.54, 1.807) is 36.4 Å². The van der Waals surface area contributed by atoms with E-state index in [9.17, 15) is 9.59 Å². The van der Waals surface area contributed by atoms with E-state index < -0.39 is 6.04 Å². The van der Waals surface area contributed by atoms with Crippen LogP contribution in [0.2, 0.25) is 0 Å². The maximum atomic E-state index is 13.4. The maximum absolute atomic E-state index is 13.4. The molecular formula is C23H20N2O4. The molecular weight excluding hydrogens is 368 g/mol. The number of methoxy groups -OCH3 is 2. The summed E-state index contributed by atoms with van der Waals surface area (Å²) in [6.07, 6.45) is 0. The summed E-state index contributed by atoms with van der Waals surface area (Å²) in [6, 6.07) is 20.9. The van der Waals surface area contributed by atoms with E-state index in [1.165, 1.54) is 19.1 Å². The Bertz CT molecular complexity index is 1050. The summed E-state index contributed by atoms with van der Waals surface area (Å²) in [7, 11) is 2.99. The summed E-state index contributed by atoms with van der Waals surface area (Å²) < 4.78 is 10.8. The lowest BCUT2D eigenvalue weighted by atomic mass is 10.0. The smallest absolute Gasteiger partial charge is 0.263 e. The van der Waals surface area contributed by atoms with Crippen molar-refractivity contribution in [1.82, 2.24) is 0 Å². The first-order valence-corrected chi connectivity index (χ1v) is 9.15. The topological polar surface area (TPSA) is 67.9 Å². The molecule has 146 valence electrons. The molecule has 0 spiro atoms. The number of nitrogens with zero attached hydrogens (tertiary/aromatic N) is 1. The van der Waals surface area contributed by atoms with Crippen LogP contribution < -0.4 is 19.7 Å². The number of para-hydroxylation sites is 2. The minimum atomic E-state index is -0.833. The SMILES string of the molecule is COc1ccc2c(c1OC)C(=O)N(c1ccccc1)[C@H]2C(=O)Nc1ccccc1. The van der Waals surface area contributed by atoms with Crippen LogP contribution in [0.5, 0.6) is 11.5 Å². The first-order chi connectivity index (χ1) is 14.2. The second-order valence-electron chi connectivity index (χ2n) is 6.53. The Balaban J connectivity index is 1.84. The minimum Gasteiger partial charge on any atom is -0.493 e. The Morgan fingerprint density at radius 3 is 2.17 bits per heavy atom. The Labute approximate surface area is 168 Å². The third-order valence-electron chi connectivity index (χ3n) is 4.89. The second kappa shape index (κ2) is 7.67. The van der Waals surface area contributed by atoms with Gasteiger partial charge < -0.3 is 14.8 Å². The zero-order valence-corrected chi connectivity index (χ0v) is 16.1. The fourth-order valence-electron chi connectivity index (χ4n) is 3.61. The maximum Gasteiger partial charge on any atom is 0.263 e. The predicted octanol–water partition coefficient (Wildman–Crippen LogP) is 4.04. The third kappa shape index (κ3) is 3.18. The van der Waals surface area contributed by atoms with Crippen molar-refractivity contribution >= 4 is 23.2 Å². The van der Waals surface area contributed by atoms with Gasteiger partial charge in [-0.2, -0.15) is 0 Å². The van der Waals surface area contributed by atoms with Gasteiger partial charge in [0.05, 0.1) is 19.8 Å². The van der Waals surface area contributed by atoms with E-state index in [-0.39, 0.29) is 11.8 Å². The molecule has 0 radical (unpaired) electrons. The lowest BCUT2D eigenvalue weighted by Crippen LogP contribution is -2.35. The number of ether oxygens (including phenoxy) is 2. The highest BCUT2D eigenvalue weighted by Crippen LogP contribution is 2.45. The van der Waals surface area contributed by atoms with Gasteiger partial charge in [0.15, 0.2) is 11.5 Å². The highest BCUT2D eigenvalue weighted by atomic mass is 16.5. The van der Waals surface area contributed by atoms with Crippen molar-refractivity contribution in [2.75, 3.05) is 24.4 Å². The number of amides is 2. The summed E-state index contributed by atoms with van der Waals surface area (Å²) in [4.78, 5) is 28.2. The molecule has 4 rings (SSSR count). The Kier molecular flexibility index (Phi) is 4.91. The van der Waals surface area contributed by atoms with Gasteiger partial charge in [-0.3, -0.25) is 14.5 Å². The molecule has 6 heteroatoms. The van der Waals surface area contributed by atoms with Gasteiger partial charge in [-0.15, -0.1) is 0 Å². The molecule has 0 bridgehead atoms. The molecule has 0 unspecified atom stereocenters. The molecule has 1 heterocycles. The number of hydrogen-bond donors (Lipinski definition) is 1. The summed E-state index contributed by atoms with van der Waals surface area (Å²) in [5, 5.41) is 2.91. The van der Waals surface area contributed by atoms with Crippen LogP contribution in [0.25, 0.3) is 0 Å². The molecule has 0 saturated heterocycles. The van der Waals surface area contributed by atoms with Crippen molar-refractivity contribution in [2.24, 2.45) is 0 Å². The van der Waals surface area contributed by atoms with Crippen molar-refractivity contribution in [3.8, 4) is 11.5 Å². The lowest BCUT2D eigenvalue weighted by molar-refractivity contribution is -0.117. The average Bonchev–Trinajstić information content (AvgIpc) is 3.07. The van der Waals surface area contributed by atoms with Gasteiger partial charge in [0.25, 0.3) is 11.8 Å². The van der Waals surface area contributed by atoms with Crippen LogP contribution in [0.4, 0.5) is 11.4 Å². The number of carbonyl (C=O) groups is 2. The van der Waals surface area contributed by atoms with Gasteiger partial charge in [-0.05, 0) is 30.3 Å². The quantitative estimate of drug-likeness (QED) is 0.716. The van der Waals surface area contributed by atoms with Gasteiger partial charge in [-0.1, -0.05) is 42.5 Å². The van der Waals surface area contributed by atoms with E-state index in [0.29, 0.717) is 34.0 Å². The van der Waals surface area contributed by atoms with Gasteiger partial charge in [0.2, 0.25) is 0 Å². The van der Waals surface area contributed by atoms with Crippen LogP contribution in [-0.4, -0.2) is 26.0 Å². The number of benzene rings is 3. The number of hydrogen-bond acceptors (Lipinski definition) is 4. The molecule has 0 saturated carbocycles. The van der Waals surface area contributed by atoms with Crippen LogP contribution >= 0.6 is 0 Å². The highest BCUT2D eigenvalue weighted by Gasteiger charge is 2.44. The molecule has 1 atom stereocenters. The molecule has 3 aromatic rings. The summed E-state index contributed by atoms with van der Waals surface area (Å²) in [6.45, 7) is 0. The summed E-state index contributed by atoms with van der Waals surface area (Å²) in [5.41, 5.74) is 2.20.